The smallest absolute Gasteiger partial charge is 0.322 e. The van der Waals surface area contributed by atoms with Gasteiger partial charge in [0.25, 0.3) is 0 Å². The molecular weight excluding hydrogens is 368 g/mol. The maximum Gasteiger partial charge on any atom is 0.322 e. The Balaban J connectivity index is 1.64. The average Bonchev–Trinajstić information content (AvgIpc) is 2.63. The van der Waals surface area contributed by atoms with Gasteiger partial charge in [-0.1, -0.05) is 60.7 Å². The fourth-order valence-corrected chi connectivity index (χ4v) is 9.61. The second-order valence-corrected chi connectivity index (χ2v) is 14.8. The zero-order chi connectivity index (χ0) is 19.6. The SMILES string of the molecule is C[Si](C)(OCCCc1ccccc1)O[Si](C)(C)OCCCc1ccccc1. The molecule has 0 aliphatic rings. The molecule has 0 atom stereocenters. The summed E-state index contributed by atoms with van der Waals surface area (Å²) in [6.45, 7) is 9.98. The van der Waals surface area contributed by atoms with E-state index in [0.717, 1.165) is 38.9 Å². The van der Waals surface area contributed by atoms with Crippen LogP contribution >= 0.6 is 0 Å². The normalized spacial score (nSPS) is 12.3. The van der Waals surface area contributed by atoms with Crippen LogP contribution in [-0.4, -0.2) is 30.3 Å². The Morgan fingerprint density at radius 1 is 0.593 bits per heavy atom. The first-order valence-electron chi connectivity index (χ1n) is 9.92. The van der Waals surface area contributed by atoms with E-state index < -0.39 is 17.1 Å². The van der Waals surface area contributed by atoms with E-state index >= 15 is 0 Å². The molecule has 148 valence electrons. The van der Waals surface area contributed by atoms with Gasteiger partial charge < -0.3 is 13.0 Å². The lowest BCUT2D eigenvalue weighted by Gasteiger charge is -2.32. The van der Waals surface area contributed by atoms with Gasteiger partial charge >= 0.3 is 17.1 Å². The van der Waals surface area contributed by atoms with E-state index in [4.69, 9.17) is 13.0 Å². The molecule has 0 aliphatic carbocycles. The van der Waals surface area contributed by atoms with E-state index in [2.05, 4.69) is 86.9 Å². The van der Waals surface area contributed by atoms with Crippen molar-refractivity contribution in [2.75, 3.05) is 13.2 Å². The van der Waals surface area contributed by atoms with Crippen LogP contribution in [0.5, 0.6) is 0 Å². The summed E-state index contributed by atoms with van der Waals surface area (Å²) in [6.07, 6.45) is 4.12. The van der Waals surface area contributed by atoms with Crippen molar-refractivity contribution in [2.45, 2.75) is 51.9 Å². The van der Waals surface area contributed by atoms with Gasteiger partial charge in [0.15, 0.2) is 0 Å². The van der Waals surface area contributed by atoms with E-state index in [1.807, 2.05) is 0 Å². The summed E-state index contributed by atoms with van der Waals surface area (Å²) in [5.41, 5.74) is 2.72. The van der Waals surface area contributed by atoms with E-state index in [-0.39, 0.29) is 0 Å². The third-order valence-electron chi connectivity index (χ3n) is 4.30. The summed E-state index contributed by atoms with van der Waals surface area (Å²) >= 11 is 0. The lowest BCUT2D eigenvalue weighted by molar-refractivity contribution is 0.193. The van der Waals surface area contributed by atoms with Crippen LogP contribution < -0.4 is 0 Å². The van der Waals surface area contributed by atoms with Crippen LogP contribution in [0.15, 0.2) is 60.7 Å². The quantitative estimate of drug-likeness (QED) is 0.336. The van der Waals surface area contributed by atoms with E-state index in [1.54, 1.807) is 0 Å². The third-order valence-corrected chi connectivity index (χ3v) is 10.0. The van der Waals surface area contributed by atoms with Crippen molar-refractivity contribution in [3.8, 4) is 0 Å². The van der Waals surface area contributed by atoms with Gasteiger partial charge in [-0.2, -0.15) is 0 Å². The molecule has 0 saturated carbocycles. The Kier molecular flexibility index (Phi) is 8.92. The second kappa shape index (κ2) is 10.9. The summed E-state index contributed by atoms with van der Waals surface area (Å²) in [7, 11) is -4.33. The zero-order valence-corrected chi connectivity index (χ0v) is 19.2. The average molecular weight is 403 g/mol. The van der Waals surface area contributed by atoms with Gasteiger partial charge in [-0.3, -0.25) is 0 Å². The first-order valence-corrected chi connectivity index (χ1v) is 15.6. The van der Waals surface area contributed by atoms with Crippen LogP contribution in [0, 0.1) is 0 Å². The van der Waals surface area contributed by atoms with Crippen LogP contribution in [0.1, 0.15) is 24.0 Å². The van der Waals surface area contributed by atoms with Crippen LogP contribution in [0.2, 0.25) is 26.2 Å². The van der Waals surface area contributed by atoms with E-state index in [1.165, 1.54) is 11.1 Å². The predicted octanol–water partition coefficient (Wildman–Crippen LogP) is 5.71. The molecule has 2 aromatic rings. The summed E-state index contributed by atoms with van der Waals surface area (Å²) in [5.74, 6) is 0. The van der Waals surface area contributed by atoms with Crippen LogP contribution in [0.4, 0.5) is 0 Å². The number of hydrogen-bond donors (Lipinski definition) is 0. The molecule has 0 spiro atoms. The third kappa shape index (κ3) is 9.49. The monoisotopic (exact) mass is 402 g/mol. The molecule has 3 nitrogen and oxygen atoms in total. The summed E-state index contributed by atoms with van der Waals surface area (Å²) in [5, 5.41) is 0. The van der Waals surface area contributed by atoms with Crippen molar-refractivity contribution >= 4 is 17.1 Å². The zero-order valence-electron chi connectivity index (χ0n) is 17.2. The summed E-state index contributed by atoms with van der Waals surface area (Å²) in [4.78, 5) is 0. The highest BCUT2D eigenvalue weighted by Crippen LogP contribution is 2.18. The van der Waals surface area contributed by atoms with Crippen molar-refractivity contribution in [3.05, 3.63) is 71.8 Å². The minimum atomic E-state index is -2.16. The summed E-state index contributed by atoms with van der Waals surface area (Å²) in [6, 6.07) is 21.1. The fraction of sp³-hybridized carbons (Fsp3) is 0.455. The van der Waals surface area contributed by atoms with Gasteiger partial charge in [0.1, 0.15) is 0 Å². The lowest BCUT2D eigenvalue weighted by atomic mass is 10.1. The molecule has 0 aromatic heterocycles. The van der Waals surface area contributed by atoms with Crippen LogP contribution in [0.25, 0.3) is 0 Å². The molecule has 0 aliphatic heterocycles. The number of hydrogen-bond acceptors (Lipinski definition) is 3. The molecule has 2 rings (SSSR count). The van der Waals surface area contributed by atoms with Gasteiger partial charge in [0.05, 0.1) is 0 Å². The largest absolute Gasteiger partial charge is 0.415 e. The van der Waals surface area contributed by atoms with E-state index in [0.29, 0.717) is 0 Å². The molecule has 0 N–H and O–H groups in total. The standard InChI is InChI=1S/C22H34O3Si2/c1-26(2,23-19-11-17-21-13-7-5-8-14-21)25-27(3,4)24-20-12-18-22-15-9-6-10-16-22/h5-10,13-16H,11-12,17-20H2,1-4H3. The van der Waals surface area contributed by atoms with Gasteiger partial charge in [-0.05, 0) is 63.0 Å². The molecule has 0 amide bonds. The molecule has 5 heteroatoms. The number of rotatable bonds is 12. The molecule has 0 radical (unpaired) electrons. The Labute approximate surface area is 167 Å². The Morgan fingerprint density at radius 2 is 0.963 bits per heavy atom. The molecule has 0 fully saturated rings. The summed E-state index contributed by atoms with van der Waals surface area (Å²) < 4.78 is 18.6. The fourth-order valence-electron chi connectivity index (χ4n) is 3.13. The Hall–Kier alpha value is -1.25. The topological polar surface area (TPSA) is 27.7 Å². The maximum atomic E-state index is 6.36. The van der Waals surface area contributed by atoms with Gasteiger partial charge in [-0.25, -0.2) is 0 Å². The van der Waals surface area contributed by atoms with Crippen molar-refractivity contribution in [1.29, 1.82) is 0 Å². The van der Waals surface area contributed by atoms with Gasteiger partial charge in [0, 0.05) is 13.2 Å². The highest BCUT2D eigenvalue weighted by Gasteiger charge is 2.36. The highest BCUT2D eigenvalue weighted by atomic mass is 28.5. The molecular formula is C22H34O3Si2. The molecule has 0 unspecified atom stereocenters. The van der Waals surface area contributed by atoms with E-state index in [9.17, 15) is 0 Å². The molecule has 27 heavy (non-hydrogen) atoms. The van der Waals surface area contributed by atoms with Gasteiger partial charge in [-0.15, -0.1) is 0 Å². The molecule has 2 aromatic carbocycles. The van der Waals surface area contributed by atoms with Crippen molar-refractivity contribution in [2.24, 2.45) is 0 Å². The molecule has 0 heterocycles. The highest BCUT2D eigenvalue weighted by molar-refractivity contribution is 6.78. The molecule has 0 bridgehead atoms. The predicted molar refractivity (Wildman–Crippen MR) is 117 cm³/mol. The Morgan fingerprint density at radius 3 is 1.33 bits per heavy atom. The number of aryl methyl sites for hydroxylation is 2. The first-order chi connectivity index (χ1) is 12.9. The maximum absolute atomic E-state index is 6.36. The minimum Gasteiger partial charge on any atom is -0.415 e. The Bertz CT molecular complexity index is 588. The minimum absolute atomic E-state index is 0.743. The second-order valence-electron chi connectivity index (χ2n) is 7.78. The molecule has 0 saturated heterocycles. The van der Waals surface area contributed by atoms with Crippen LogP contribution in [0.3, 0.4) is 0 Å². The van der Waals surface area contributed by atoms with Crippen molar-refractivity contribution in [3.63, 3.8) is 0 Å². The lowest BCUT2D eigenvalue weighted by Crippen LogP contribution is -2.48. The number of benzene rings is 2. The van der Waals surface area contributed by atoms with Crippen LogP contribution in [-0.2, 0) is 25.8 Å². The first kappa shape index (κ1) is 22.0. The van der Waals surface area contributed by atoms with Gasteiger partial charge in [0.2, 0.25) is 0 Å². The van der Waals surface area contributed by atoms with Crippen molar-refractivity contribution < 1.29 is 13.0 Å². The van der Waals surface area contributed by atoms with Crippen molar-refractivity contribution in [1.82, 2.24) is 0 Å².